The second kappa shape index (κ2) is 9.46. The highest BCUT2D eigenvalue weighted by Crippen LogP contribution is 2.22. The first kappa shape index (κ1) is 20.1. The Morgan fingerprint density at radius 2 is 1.92 bits per heavy atom. The molecule has 2 amide bonds. The number of benzene rings is 2. The topological polar surface area (TPSA) is 58.6 Å². The van der Waals surface area contributed by atoms with Crippen LogP contribution in [0.15, 0.2) is 42.5 Å². The molecule has 0 atom stereocenters. The molecule has 0 saturated heterocycles. The van der Waals surface area contributed by atoms with Crippen LogP contribution in [0.1, 0.15) is 12.0 Å². The van der Waals surface area contributed by atoms with Gasteiger partial charge in [0.15, 0.2) is 0 Å². The van der Waals surface area contributed by atoms with Crippen molar-refractivity contribution in [3.05, 3.63) is 58.1 Å². The molecule has 0 saturated carbocycles. The van der Waals surface area contributed by atoms with E-state index in [1.54, 1.807) is 56.6 Å². The predicted molar refractivity (Wildman–Crippen MR) is 104 cm³/mol. The summed E-state index contributed by atoms with van der Waals surface area (Å²) in [4.78, 5) is 25.7. The minimum atomic E-state index is -0.279. The monoisotopic (exact) mass is 394 g/mol. The van der Waals surface area contributed by atoms with E-state index in [0.717, 1.165) is 5.56 Å². The molecule has 0 aliphatic rings. The SMILES string of the molecule is COc1cccc(NC(=O)CN(C)C(=O)CCc2ccc(Cl)cc2Cl)c1. The Morgan fingerprint density at radius 3 is 2.62 bits per heavy atom. The third-order valence-electron chi connectivity index (χ3n) is 3.78. The van der Waals surface area contributed by atoms with Gasteiger partial charge in [0.25, 0.3) is 0 Å². The van der Waals surface area contributed by atoms with Crippen molar-refractivity contribution in [3.63, 3.8) is 0 Å². The molecule has 0 bridgehead atoms. The smallest absolute Gasteiger partial charge is 0.243 e. The molecule has 0 radical (unpaired) electrons. The quantitative estimate of drug-likeness (QED) is 0.770. The van der Waals surface area contributed by atoms with Gasteiger partial charge in [-0.15, -0.1) is 0 Å². The predicted octanol–water partition coefficient (Wildman–Crippen LogP) is 4.03. The Kier molecular flexibility index (Phi) is 7.30. The van der Waals surface area contributed by atoms with E-state index in [1.165, 1.54) is 4.90 Å². The summed E-state index contributed by atoms with van der Waals surface area (Å²) < 4.78 is 5.11. The van der Waals surface area contributed by atoms with Gasteiger partial charge in [-0.2, -0.15) is 0 Å². The Hall–Kier alpha value is -2.24. The number of ether oxygens (including phenoxy) is 1. The van der Waals surface area contributed by atoms with Gasteiger partial charge in [0, 0.05) is 35.3 Å². The van der Waals surface area contributed by atoms with E-state index in [4.69, 9.17) is 27.9 Å². The van der Waals surface area contributed by atoms with Gasteiger partial charge in [0.05, 0.1) is 13.7 Å². The molecule has 138 valence electrons. The maximum absolute atomic E-state index is 12.2. The number of hydrogen-bond acceptors (Lipinski definition) is 3. The van der Waals surface area contributed by atoms with Gasteiger partial charge in [0.1, 0.15) is 5.75 Å². The Bertz CT molecular complexity index is 796. The van der Waals surface area contributed by atoms with Gasteiger partial charge in [-0.3, -0.25) is 9.59 Å². The first-order valence-electron chi connectivity index (χ1n) is 8.01. The molecule has 0 fully saturated rings. The van der Waals surface area contributed by atoms with E-state index in [-0.39, 0.29) is 24.8 Å². The molecule has 0 heterocycles. The lowest BCUT2D eigenvalue weighted by molar-refractivity contribution is -0.133. The van der Waals surface area contributed by atoms with Crippen LogP contribution in [0.5, 0.6) is 5.75 Å². The number of nitrogens with one attached hydrogen (secondary N) is 1. The molecule has 0 aliphatic heterocycles. The second-order valence-electron chi connectivity index (χ2n) is 5.77. The first-order valence-corrected chi connectivity index (χ1v) is 8.76. The lowest BCUT2D eigenvalue weighted by Gasteiger charge is -2.17. The number of methoxy groups -OCH3 is 1. The molecule has 26 heavy (non-hydrogen) atoms. The lowest BCUT2D eigenvalue weighted by Crippen LogP contribution is -2.35. The van der Waals surface area contributed by atoms with Gasteiger partial charge in [0.2, 0.25) is 11.8 Å². The zero-order chi connectivity index (χ0) is 19.1. The van der Waals surface area contributed by atoms with E-state index in [2.05, 4.69) is 5.32 Å². The summed E-state index contributed by atoms with van der Waals surface area (Å²) in [6.07, 6.45) is 0.737. The summed E-state index contributed by atoms with van der Waals surface area (Å²) in [7, 11) is 3.15. The number of halogens is 2. The summed E-state index contributed by atoms with van der Waals surface area (Å²) in [6.45, 7) is -0.0373. The minimum absolute atomic E-state index is 0.0373. The maximum atomic E-state index is 12.2. The van der Waals surface area contributed by atoms with Crippen molar-refractivity contribution >= 4 is 40.7 Å². The normalized spacial score (nSPS) is 10.3. The van der Waals surface area contributed by atoms with Gasteiger partial charge in [-0.25, -0.2) is 0 Å². The molecule has 5 nitrogen and oxygen atoms in total. The van der Waals surface area contributed by atoms with Crippen LogP contribution in [0.4, 0.5) is 5.69 Å². The highest BCUT2D eigenvalue weighted by Gasteiger charge is 2.14. The number of hydrogen-bond donors (Lipinski definition) is 1. The van der Waals surface area contributed by atoms with Crippen LogP contribution in [0, 0.1) is 0 Å². The van der Waals surface area contributed by atoms with Gasteiger partial charge in [-0.05, 0) is 36.2 Å². The zero-order valence-electron chi connectivity index (χ0n) is 14.6. The van der Waals surface area contributed by atoms with Crippen molar-refractivity contribution in [2.45, 2.75) is 12.8 Å². The van der Waals surface area contributed by atoms with Crippen LogP contribution in [0.2, 0.25) is 10.0 Å². The molecule has 2 rings (SSSR count). The fourth-order valence-electron chi connectivity index (χ4n) is 2.36. The number of amides is 2. The van der Waals surface area contributed by atoms with Crippen LogP contribution in [0.3, 0.4) is 0 Å². The molecule has 0 unspecified atom stereocenters. The molecule has 0 spiro atoms. The summed E-state index contributed by atoms with van der Waals surface area (Å²) in [5.41, 5.74) is 1.46. The van der Waals surface area contributed by atoms with E-state index >= 15 is 0 Å². The number of carbonyl (C=O) groups excluding carboxylic acids is 2. The van der Waals surface area contributed by atoms with E-state index in [1.807, 2.05) is 0 Å². The summed E-state index contributed by atoms with van der Waals surface area (Å²) in [5.74, 6) is 0.225. The van der Waals surface area contributed by atoms with Crippen molar-refractivity contribution in [1.82, 2.24) is 4.90 Å². The average molecular weight is 395 g/mol. The number of anilines is 1. The van der Waals surface area contributed by atoms with Crippen LogP contribution >= 0.6 is 23.2 Å². The van der Waals surface area contributed by atoms with Crippen molar-refractivity contribution in [2.75, 3.05) is 26.0 Å². The molecular weight excluding hydrogens is 375 g/mol. The molecule has 1 N–H and O–H groups in total. The fraction of sp³-hybridized carbons (Fsp3) is 0.263. The molecule has 2 aromatic rings. The number of aryl methyl sites for hydroxylation is 1. The Balaban J connectivity index is 1.84. The van der Waals surface area contributed by atoms with Crippen molar-refractivity contribution in [2.24, 2.45) is 0 Å². The van der Waals surface area contributed by atoms with E-state index in [0.29, 0.717) is 27.9 Å². The molecule has 0 aromatic heterocycles. The highest BCUT2D eigenvalue weighted by atomic mass is 35.5. The summed E-state index contributed by atoms with van der Waals surface area (Å²) in [6, 6.07) is 12.2. The lowest BCUT2D eigenvalue weighted by atomic mass is 10.1. The third-order valence-corrected chi connectivity index (χ3v) is 4.37. The van der Waals surface area contributed by atoms with Crippen molar-refractivity contribution in [3.8, 4) is 5.75 Å². The number of rotatable bonds is 7. The van der Waals surface area contributed by atoms with E-state index in [9.17, 15) is 9.59 Å². The van der Waals surface area contributed by atoms with Crippen molar-refractivity contribution < 1.29 is 14.3 Å². The molecule has 0 aliphatic carbocycles. The summed E-state index contributed by atoms with van der Waals surface area (Å²) >= 11 is 12.0. The van der Waals surface area contributed by atoms with Gasteiger partial charge in [-0.1, -0.05) is 35.3 Å². The molecule has 7 heteroatoms. The summed E-state index contributed by atoms with van der Waals surface area (Å²) in [5, 5.41) is 3.83. The average Bonchev–Trinajstić information content (AvgIpc) is 2.60. The standard InChI is InChI=1S/C19H20Cl2N2O3/c1-23(12-18(24)22-15-4-3-5-16(11-15)26-2)19(25)9-7-13-6-8-14(20)10-17(13)21/h3-6,8,10-11H,7,9,12H2,1-2H3,(H,22,24). The van der Waals surface area contributed by atoms with Crippen molar-refractivity contribution in [1.29, 1.82) is 0 Å². The van der Waals surface area contributed by atoms with Crippen LogP contribution in [0.25, 0.3) is 0 Å². The van der Waals surface area contributed by atoms with E-state index < -0.39 is 0 Å². The van der Waals surface area contributed by atoms with Crippen LogP contribution in [-0.2, 0) is 16.0 Å². The zero-order valence-corrected chi connectivity index (χ0v) is 16.1. The first-order chi connectivity index (χ1) is 12.4. The van der Waals surface area contributed by atoms with Gasteiger partial charge < -0.3 is 15.0 Å². The van der Waals surface area contributed by atoms with Crippen LogP contribution < -0.4 is 10.1 Å². The third kappa shape index (κ3) is 5.93. The number of nitrogens with zero attached hydrogens (tertiary/aromatic N) is 1. The second-order valence-corrected chi connectivity index (χ2v) is 6.61. The largest absolute Gasteiger partial charge is 0.497 e. The maximum Gasteiger partial charge on any atom is 0.243 e. The van der Waals surface area contributed by atoms with Crippen LogP contribution in [-0.4, -0.2) is 37.4 Å². The Labute approximate surface area is 162 Å². The fourth-order valence-corrected chi connectivity index (χ4v) is 2.86. The highest BCUT2D eigenvalue weighted by molar-refractivity contribution is 6.35. The molecular formula is C19H20Cl2N2O3. The Morgan fingerprint density at radius 1 is 1.15 bits per heavy atom. The number of carbonyl (C=O) groups is 2. The number of likely N-dealkylation sites (N-methyl/N-ethyl adjacent to an activating group) is 1. The van der Waals surface area contributed by atoms with Gasteiger partial charge >= 0.3 is 0 Å². The minimum Gasteiger partial charge on any atom is -0.497 e. The molecule has 2 aromatic carbocycles.